The van der Waals surface area contributed by atoms with Gasteiger partial charge in [-0.2, -0.15) is 0 Å². The molecule has 8 heteroatoms. The fourth-order valence-electron chi connectivity index (χ4n) is 1.66. The molecule has 0 saturated heterocycles. The number of ether oxygens (including phenoxy) is 1. The highest BCUT2D eigenvalue weighted by Gasteiger charge is 2.09. The van der Waals surface area contributed by atoms with E-state index < -0.39 is 0 Å². The summed E-state index contributed by atoms with van der Waals surface area (Å²) >= 11 is 5.07. The van der Waals surface area contributed by atoms with E-state index in [4.69, 9.17) is 4.74 Å². The summed E-state index contributed by atoms with van der Waals surface area (Å²) in [5, 5.41) is 15.6. The third-order valence-corrected chi connectivity index (χ3v) is 4.17. The van der Waals surface area contributed by atoms with Crippen molar-refractivity contribution < 1.29 is 4.74 Å². The second-order valence-corrected chi connectivity index (χ2v) is 5.89. The van der Waals surface area contributed by atoms with Gasteiger partial charge in [-0.1, -0.05) is 27.7 Å². The molecule has 108 valence electrons. The predicted molar refractivity (Wildman–Crippen MR) is 82.0 cm³/mol. The number of rotatable bonds is 7. The molecular weight excluding hydrogens is 342 g/mol. The van der Waals surface area contributed by atoms with Crippen molar-refractivity contribution in [1.82, 2.24) is 25.5 Å². The van der Waals surface area contributed by atoms with Gasteiger partial charge in [-0.05, 0) is 35.7 Å². The van der Waals surface area contributed by atoms with Crippen molar-refractivity contribution in [3.8, 4) is 5.75 Å². The maximum Gasteiger partial charge on any atom is 0.209 e. The molecule has 0 fully saturated rings. The van der Waals surface area contributed by atoms with Crippen LogP contribution in [0.4, 0.5) is 0 Å². The average molecular weight is 358 g/mol. The van der Waals surface area contributed by atoms with Crippen LogP contribution < -0.4 is 10.1 Å². The van der Waals surface area contributed by atoms with Gasteiger partial charge in [0.15, 0.2) is 0 Å². The highest BCUT2D eigenvalue weighted by molar-refractivity contribution is 9.10. The normalized spacial score (nSPS) is 10.8. The van der Waals surface area contributed by atoms with Crippen LogP contribution in [0.3, 0.4) is 0 Å². The first kappa shape index (κ1) is 15.3. The van der Waals surface area contributed by atoms with Crippen LogP contribution in [0.25, 0.3) is 0 Å². The predicted octanol–water partition coefficient (Wildman–Crippen LogP) is 1.96. The van der Waals surface area contributed by atoms with Crippen LogP contribution in [0.15, 0.2) is 27.8 Å². The van der Waals surface area contributed by atoms with Gasteiger partial charge in [-0.25, -0.2) is 4.68 Å². The maximum atomic E-state index is 5.36. The number of hydrogen-bond acceptors (Lipinski definition) is 6. The van der Waals surface area contributed by atoms with Crippen molar-refractivity contribution in [3.05, 3.63) is 28.2 Å². The van der Waals surface area contributed by atoms with Crippen molar-refractivity contribution in [2.75, 3.05) is 20.7 Å². The van der Waals surface area contributed by atoms with E-state index in [0.29, 0.717) is 0 Å². The number of halogens is 1. The lowest BCUT2D eigenvalue weighted by Crippen LogP contribution is -2.16. The number of methoxy groups -OCH3 is 1. The minimum absolute atomic E-state index is 0.751. The molecule has 0 radical (unpaired) electrons. The van der Waals surface area contributed by atoms with Gasteiger partial charge in [0.25, 0.3) is 0 Å². The molecular formula is C12H16BrN5OS. The molecule has 0 atom stereocenters. The van der Waals surface area contributed by atoms with Crippen LogP contribution in [-0.4, -0.2) is 40.9 Å². The molecule has 6 nitrogen and oxygen atoms in total. The van der Waals surface area contributed by atoms with Crippen LogP contribution >= 0.6 is 27.7 Å². The maximum absolute atomic E-state index is 5.36. The number of tetrazole rings is 1. The number of benzene rings is 1. The lowest BCUT2D eigenvalue weighted by molar-refractivity contribution is 0.411. The van der Waals surface area contributed by atoms with Gasteiger partial charge in [-0.15, -0.1) is 5.10 Å². The number of nitrogens with zero attached hydrogens (tertiary/aromatic N) is 4. The number of likely N-dealkylation sites (N-methyl/N-ethyl adjacent to an activating group) is 1. The van der Waals surface area contributed by atoms with E-state index in [0.717, 1.165) is 39.8 Å². The summed E-state index contributed by atoms with van der Waals surface area (Å²) in [6.07, 6.45) is 0. The van der Waals surface area contributed by atoms with Crippen molar-refractivity contribution >= 4 is 27.7 Å². The van der Waals surface area contributed by atoms with Crippen molar-refractivity contribution in [2.24, 2.45) is 0 Å². The Morgan fingerprint density at radius 1 is 1.45 bits per heavy atom. The van der Waals surface area contributed by atoms with Crippen LogP contribution in [0.2, 0.25) is 0 Å². The first-order chi connectivity index (χ1) is 9.74. The van der Waals surface area contributed by atoms with Crippen molar-refractivity contribution in [2.45, 2.75) is 17.5 Å². The number of nitrogens with one attached hydrogen (secondary N) is 1. The standard InChI is InChI=1S/C12H16BrN5OS/c1-14-5-6-18-12(15-16-17-18)20-8-9-7-10(13)3-4-11(9)19-2/h3-4,7,14H,5-6,8H2,1-2H3. The molecule has 0 aliphatic rings. The zero-order chi connectivity index (χ0) is 14.4. The molecule has 0 spiro atoms. The van der Waals surface area contributed by atoms with E-state index in [1.54, 1.807) is 23.6 Å². The van der Waals surface area contributed by atoms with E-state index in [9.17, 15) is 0 Å². The first-order valence-electron chi connectivity index (χ1n) is 6.10. The zero-order valence-corrected chi connectivity index (χ0v) is 13.7. The highest BCUT2D eigenvalue weighted by atomic mass is 79.9. The van der Waals surface area contributed by atoms with Gasteiger partial charge in [0.2, 0.25) is 5.16 Å². The minimum Gasteiger partial charge on any atom is -0.496 e. The van der Waals surface area contributed by atoms with Gasteiger partial charge in [0.05, 0.1) is 13.7 Å². The van der Waals surface area contributed by atoms with Gasteiger partial charge in [0, 0.05) is 22.3 Å². The Hall–Kier alpha value is -1.12. The second-order valence-electron chi connectivity index (χ2n) is 4.03. The lowest BCUT2D eigenvalue weighted by Gasteiger charge is -2.08. The van der Waals surface area contributed by atoms with Crippen molar-refractivity contribution in [3.63, 3.8) is 0 Å². The monoisotopic (exact) mass is 357 g/mol. The Bertz CT molecular complexity index is 563. The third kappa shape index (κ3) is 3.94. The van der Waals surface area contributed by atoms with Crippen LogP contribution in [-0.2, 0) is 12.3 Å². The van der Waals surface area contributed by atoms with Crippen LogP contribution in [0.1, 0.15) is 5.56 Å². The number of hydrogen-bond donors (Lipinski definition) is 1. The van der Waals surface area contributed by atoms with Gasteiger partial charge in [-0.3, -0.25) is 0 Å². The third-order valence-electron chi connectivity index (χ3n) is 2.67. The average Bonchev–Trinajstić information content (AvgIpc) is 2.90. The van der Waals surface area contributed by atoms with E-state index in [-0.39, 0.29) is 0 Å². The summed E-state index contributed by atoms with van der Waals surface area (Å²) in [6, 6.07) is 5.96. The summed E-state index contributed by atoms with van der Waals surface area (Å²) in [5.41, 5.74) is 1.11. The van der Waals surface area contributed by atoms with E-state index in [1.165, 1.54) is 0 Å². The van der Waals surface area contributed by atoms with Gasteiger partial charge in [0.1, 0.15) is 5.75 Å². The summed E-state index contributed by atoms with van der Waals surface area (Å²) in [4.78, 5) is 0. The number of thioether (sulfide) groups is 1. The Kier molecular flexibility index (Phi) is 5.81. The van der Waals surface area contributed by atoms with E-state index >= 15 is 0 Å². The van der Waals surface area contributed by atoms with E-state index in [1.807, 2.05) is 25.2 Å². The Balaban J connectivity index is 2.05. The minimum atomic E-state index is 0.751. The Morgan fingerprint density at radius 3 is 3.05 bits per heavy atom. The first-order valence-corrected chi connectivity index (χ1v) is 7.88. The molecule has 2 rings (SSSR count). The van der Waals surface area contributed by atoms with Crippen LogP contribution in [0, 0.1) is 0 Å². The molecule has 1 heterocycles. The molecule has 20 heavy (non-hydrogen) atoms. The second kappa shape index (κ2) is 7.61. The fourth-order valence-corrected chi connectivity index (χ4v) is 2.95. The largest absolute Gasteiger partial charge is 0.496 e. The molecule has 0 unspecified atom stereocenters. The quantitative estimate of drug-likeness (QED) is 0.764. The molecule has 0 amide bonds. The molecule has 0 bridgehead atoms. The van der Waals surface area contributed by atoms with Gasteiger partial charge < -0.3 is 10.1 Å². The molecule has 1 aromatic carbocycles. The van der Waals surface area contributed by atoms with Gasteiger partial charge >= 0.3 is 0 Å². The number of aromatic nitrogens is 4. The topological polar surface area (TPSA) is 64.9 Å². The SMILES string of the molecule is CNCCn1nnnc1SCc1cc(Br)ccc1OC. The summed E-state index contributed by atoms with van der Waals surface area (Å²) < 4.78 is 8.19. The smallest absolute Gasteiger partial charge is 0.209 e. The summed E-state index contributed by atoms with van der Waals surface area (Å²) in [7, 11) is 3.58. The van der Waals surface area contributed by atoms with E-state index in [2.05, 4.69) is 36.8 Å². The van der Waals surface area contributed by atoms with Crippen LogP contribution in [0.5, 0.6) is 5.75 Å². The molecule has 2 aromatic rings. The Morgan fingerprint density at radius 2 is 2.30 bits per heavy atom. The molecule has 1 N–H and O–H groups in total. The molecule has 0 aliphatic heterocycles. The fraction of sp³-hybridized carbons (Fsp3) is 0.417. The molecule has 0 saturated carbocycles. The summed E-state index contributed by atoms with van der Waals surface area (Å²) in [5.74, 6) is 1.62. The highest BCUT2D eigenvalue weighted by Crippen LogP contribution is 2.29. The van der Waals surface area contributed by atoms with Crippen molar-refractivity contribution in [1.29, 1.82) is 0 Å². The molecule has 1 aromatic heterocycles. The lowest BCUT2D eigenvalue weighted by atomic mass is 10.2. The Labute approximate surface area is 130 Å². The zero-order valence-electron chi connectivity index (χ0n) is 11.3. The molecule has 0 aliphatic carbocycles. The summed E-state index contributed by atoms with van der Waals surface area (Å²) in [6.45, 7) is 1.58.